The van der Waals surface area contributed by atoms with Gasteiger partial charge in [-0.25, -0.2) is 8.42 Å². The Bertz CT molecular complexity index is 1240. The summed E-state index contributed by atoms with van der Waals surface area (Å²) in [6, 6.07) is 32.0. The van der Waals surface area contributed by atoms with Gasteiger partial charge in [0.05, 0.1) is 28.1 Å². The van der Waals surface area contributed by atoms with Crippen LogP contribution in [0.5, 0.6) is 0 Å². The predicted octanol–water partition coefficient (Wildman–Crippen LogP) is 4.29. The molecule has 2 aliphatic rings. The van der Waals surface area contributed by atoms with Crippen LogP contribution < -0.4 is 15.9 Å². The molecule has 5 nitrogen and oxygen atoms in total. The highest BCUT2D eigenvalue weighted by Gasteiger charge is 2.64. The molecule has 0 amide bonds. The number of Topliss-reactive ketones (excluding diaryl/α,β-unsaturated/α-hetero) is 1. The van der Waals surface area contributed by atoms with E-state index in [4.69, 9.17) is 0 Å². The van der Waals surface area contributed by atoms with Gasteiger partial charge < -0.3 is 9.66 Å². The van der Waals surface area contributed by atoms with E-state index in [0.29, 0.717) is 12.8 Å². The van der Waals surface area contributed by atoms with E-state index in [0.717, 1.165) is 12.6 Å². The summed E-state index contributed by atoms with van der Waals surface area (Å²) in [5, 5.41) is 14.3. The number of benzene rings is 3. The van der Waals surface area contributed by atoms with Crippen LogP contribution in [0.3, 0.4) is 0 Å². The van der Waals surface area contributed by atoms with Crippen molar-refractivity contribution in [2.24, 2.45) is 16.7 Å². The molecule has 38 heavy (non-hydrogen) atoms. The minimum atomic E-state index is -4.33. The van der Waals surface area contributed by atoms with E-state index in [1.807, 2.05) is 20.8 Å². The minimum absolute atomic E-state index is 0.0248. The lowest BCUT2D eigenvalue weighted by Crippen LogP contribution is -2.42. The fourth-order valence-electron chi connectivity index (χ4n) is 6.62. The summed E-state index contributed by atoms with van der Waals surface area (Å²) in [5.41, 5.74) is -1.22. The molecule has 2 fully saturated rings. The number of aliphatic hydroxyl groups excluding tert-OH is 1. The standard InChI is InChI=1S/C21H22OP.C10H16O4S/c1-18(22)17-23(19-11-5-2-6-12-19,20-13-7-3-8-14-20)21-15-9-4-10-16-21;1-9(2)7-3-4-10(9,8(11)5-7)6-15(12,13)14/h2-16,18,22H,17H2,1H3;7H,3-6H2,1-2H3,(H,12,13,14)/q+1;/p-1/t;7-,10-/m.0/s1. The second kappa shape index (κ2) is 11.0. The maximum Gasteiger partial charge on any atom is 0.140 e. The quantitative estimate of drug-likeness (QED) is 0.349. The van der Waals surface area contributed by atoms with E-state index in [1.54, 1.807) is 0 Å². The molecule has 0 spiro atoms. The Morgan fingerprint density at radius 3 is 1.61 bits per heavy atom. The van der Waals surface area contributed by atoms with Gasteiger partial charge in [-0.3, -0.25) is 4.79 Å². The van der Waals surface area contributed by atoms with Gasteiger partial charge in [-0.2, -0.15) is 0 Å². The number of fused-ring (bicyclic) bond motifs is 2. The van der Waals surface area contributed by atoms with E-state index < -0.39 is 28.5 Å². The third-order valence-electron chi connectivity index (χ3n) is 8.69. The molecule has 3 aromatic rings. The number of carbonyl (C=O) groups excluding carboxylic acids is 1. The van der Waals surface area contributed by atoms with Crippen LogP contribution in [0.4, 0.5) is 0 Å². The molecular formula is C31H37O5PS. The molecular weight excluding hydrogens is 515 g/mol. The first kappa shape index (κ1) is 28.6. The normalized spacial score (nSPS) is 23.0. The topological polar surface area (TPSA) is 94.5 Å². The summed E-state index contributed by atoms with van der Waals surface area (Å²) in [6.45, 7) is 5.73. The number of rotatable bonds is 7. The zero-order chi connectivity index (χ0) is 27.6. The lowest BCUT2D eigenvalue weighted by molar-refractivity contribution is -0.128. The molecule has 0 saturated heterocycles. The molecule has 202 valence electrons. The summed E-state index contributed by atoms with van der Waals surface area (Å²) < 4.78 is 32.7. The molecule has 7 heteroatoms. The molecule has 1 unspecified atom stereocenters. The van der Waals surface area contributed by atoms with Crippen molar-refractivity contribution in [1.29, 1.82) is 0 Å². The molecule has 0 heterocycles. The summed E-state index contributed by atoms with van der Waals surface area (Å²) in [7, 11) is -6.19. The van der Waals surface area contributed by atoms with E-state index in [2.05, 4.69) is 91.0 Å². The van der Waals surface area contributed by atoms with Crippen LogP contribution in [0, 0.1) is 16.7 Å². The summed E-state index contributed by atoms with van der Waals surface area (Å²) in [4.78, 5) is 11.8. The number of aliphatic hydroxyl groups is 1. The summed E-state index contributed by atoms with van der Waals surface area (Å²) in [5.74, 6) is -0.280. The Morgan fingerprint density at radius 2 is 1.32 bits per heavy atom. The molecule has 0 aliphatic heterocycles. The third-order valence-corrected chi connectivity index (χ3v) is 14.2. The Kier molecular flexibility index (Phi) is 8.30. The zero-order valence-electron chi connectivity index (χ0n) is 22.3. The van der Waals surface area contributed by atoms with Gasteiger partial charge in [0.15, 0.2) is 0 Å². The van der Waals surface area contributed by atoms with E-state index in [-0.39, 0.29) is 23.2 Å². The van der Waals surface area contributed by atoms with Crippen molar-refractivity contribution in [2.45, 2.75) is 46.1 Å². The highest BCUT2D eigenvalue weighted by Crippen LogP contribution is 2.64. The maximum absolute atomic E-state index is 11.8. The first-order valence-electron chi connectivity index (χ1n) is 13.1. The highest BCUT2D eigenvalue weighted by molar-refractivity contribution is 7.95. The third kappa shape index (κ3) is 5.37. The van der Waals surface area contributed by atoms with E-state index >= 15 is 0 Å². The van der Waals surface area contributed by atoms with Crippen LogP contribution in [0.15, 0.2) is 91.0 Å². The molecule has 2 saturated carbocycles. The molecule has 2 bridgehead atoms. The van der Waals surface area contributed by atoms with Crippen LogP contribution >= 0.6 is 7.26 Å². The van der Waals surface area contributed by atoms with Gasteiger partial charge in [-0.15, -0.1) is 0 Å². The zero-order valence-corrected chi connectivity index (χ0v) is 24.0. The second-order valence-electron chi connectivity index (χ2n) is 11.2. The van der Waals surface area contributed by atoms with Gasteiger partial charge in [0.1, 0.15) is 29.0 Å². The van der Waals surface area contributed by atoms with Gasteiger partial charge >= 0.3 is 0 Å². The highest BCUT2D eigenvalue weighted by atomic mass is 32.2. The Hall–Kier alpha value is -2.37. The second-order valence-corrected chi connectivity index (χ2v) is 16.2. The predicted molar refractivity (Wildman–Crippen MR) is 155 cm³/mol. The molecule has 0 aromatic heterocycles. The van der Waals surface area contributed by atoms with Gasteiger partial charge in [0.25, 0.3) is 0 Å². The smallest absolute Gasteiger partial charge is 0.140 e. The lowest BCUT2D eigenvalue weighted by Gasteiger charge is -2.37. The van der Waals surface area contributed by atoms with Crippen LogP contribution in [0.1, 0.15) is 40.0 Å². The fraction of sp³-hybridized carbons (Fsp3) is 0.387. The fourth-order valence-corrected chi connectivity index (χ4v) is 12.3. The van der Waals surface area contributed by atoms with Gasteiger partial charge in [0, 0.05) is 11.8 Å². The largest absolute Gasteiger partial charge is 0.748 e. The number of hydrogen-bond donors (Lipinski definition) is 1. The maximum atomic E-state index is 11.8. The molecule has 5 rings (SSSR count). The van der Waals surface area contributed by atoms with E-state index in [9.17, 15) is 22.9 Å². The average molecular weight is 553 g/mol. The molecule has 2 aliphatic carbocycles. The summed E-state index contributed by atoms with van der Waals surface area (Å²) >= 11 is 0. The van der Waals surface area contributed by atoms with Gasteiger partial charge in [0.2, 0.25) is 0 Å². The van der Waals surface area contributed by atoms with Crippen LogP contribution in [0.25, 0.3) is 0 Å². The molecule has 3 atom stereocenters. The van der Waals surface area contributed by atoms with Gasteiger partial charge in [-0.1, -0.05) is 68.4 Å². The average Bonchev–Trinajstić information content (AvgIpc) is 3.22. The minimum Gasteiger partial charge on any atom is -0.748 e. The van der Waals surface area contributed by atoms with Crippen molar-refractivity contribution >= 4 is 39.1 Å². The first-order valence-corrected chi connectivity index (χ1v) is 16.7. The van der Waals surface area contributed by atoms with Gasteiger partial charge in [-0.05, 0) is 67.5 Å². The van der Waals surface area contributed by atoms with Crippen molar-refractivity contribution in [3.05, 3.63) is 91.0 Å². The Labute approximate surface area is 227 Å². The summed E-state index contributed by atoms with van der Waals surface area (Å²) in [6.07, 6.45) is 2.27. The lowest BCUT2D eigenvalue weighted by atomic mass is 9.70. The number of hydrogen-bond acceptors (Lipinski definition) is 5. The Morgan fingerprint density at radius 1 is 0.895 bits per heavy atom. The van der Waals surface area contributed by atoms with Crippen molar-refractivity contribution in [3.8, 4) is 0 Å². The van der Waals surface area contributed by atoms with E-state index in [1.165, 1.54) is 15.9 Å². The molecule has 1 N–H and O–H groups in total. The van der Waals surface area contributed by atoms with Crippen LogP contribution in [-0.4, -0.2) is 41.9 Å². The Balaban J connectivity index is 0.000000194. The first-order chi connectivity index (χ1) is 17.9. The number of ketones is 1. The van der Waals surface area contributed by atoms with Crippen LogP contribution in [0.2, 0.25) is 0 Å². The van der Waals surface area contributed by atoms with Crippen molar-refractivity contribution in [1.82, 2.24) is 0 Å². The number of carbonyl (C=O) groups is 1. The van der Waals surface area contributed by atoms with Crippen molar-refractivity contribution < 1.29 is 22.9 Å². The van der Waals surface area contributed by atoms with Crippen molar-refractivity contribution in [3.63, 3.8) is 0 Å². The molecule has 0 radical (unpaired) electrons. The molecule has 3 aromatic carbocycles. The van der Waals surface area contributed by atoms with Crippen LogP contribution in [-0.2, 0) is 14.9 Å². The van der Waals surface area contributed by atoms with Crippen molar-refractivity contribution in [2.75, 3.05) is 11.9 Å². The monoisotopic (exact) mass is 552 g/mol. The SMILES string of the molecule is CC(O)C[P+](c1ccccc1)(c1ccccc1)c1ccccc1.CC1(C)[C@H]2CC[C@]1(CS(=O)(=O)[O-])C(=O)C2.